The smallest absolute Gasteiger partial charge is 0.0545 e. The fourth-order valence-electron chi connectivity index (χ4n) is 2.31. The fraction of sp³-hybridized carbons (Fsp3) is 0.667. The zero-order chi connectivity index (χ0) is 10.7. The molecule has 0 amide bonds. The van der Waals surface area contributed by atoms with E-state index in [2.05, 4.69) is 21.3 Å². The van der Waals surface area contributed by atoms with Crippen molar-refractivity contribution in [1.82, 2.24) is 0 Å². The van der Waals surface area contributed by atoms with Gasteiger partial charge in [-0.05, 0) is 36.6 Å². The first-order valence-corrected chi connectivity index (χ1v) is 7.79. The third-order valence-electron chi connectivity index (χ3n) is 3.13. The van der Waals surface area contributed by atoms with Crippen LogP contribution >= 0.6 is 38.9 Å². The van der Waals surface area contributed by atoms with Gasteiger partial charge in [-0.25, -0.2) is 0 Å². The van der Waals surface area contributed by atoms with Crippen LogP contribution in [0.25, 0.3) is 0 Å². The van der Waals surface area contributed by atoms with Gasteiger partial charge >= 0.3 is 0 Å². The largest absolute Gasteiger partial charge is 0.147 e. The number of rotatable bonds is 2. The molecule has 84 valence electrons. The predicted molar refractivity (Wildman–Crippen MR) is 72.3 cm³/mol. The highest BCUT2D eigenvalue weighted by molar-refractivity contribution is 9.09. The van der Waals surface area contributed by atoms with Crippen molar-refractivity contribution in [2.75, 3.05) is 0 Å². The minimum absolute atomic E-state index is 0.726. The minimum atomic E-state index is 0.726. The summed E-state index contributed by atoms with van der Waals surface area (Å²) in [6, 6.07) is 2.02. The Hall–Kier alpha value is 0.470. The molecule has 0 N–H and O–H groups in total. The number of hydrogen-bond acceptors (Lipinski definition) is 1. The minimum Gasteiger partial charge on any atom is -0.147 e. The van der Waals surface area contributed by atoms with Crippen LogP contribution < -0.4 is 0 Å². The monoisotopic (exact) mass is 306 g/mol. The standard InChI is InChI=1S/C12H16BrClS/c13-10-4-2-1-3-9(7-10)8-12-11(14)5-6-15-12/h5-6,9-10H,1-4,7-8H2. The first-order valence-electron chi connectivity index (χ1n) is 5.61. The fourth-order valence-corrected chi connectivity index (χ4v) is 4.40. The van der Waals surface area contributed by atoms with Crippen molar-refractivity contribution in [3.63, 3.8) is 0 Å². The molecule has 0 bridgehead atoms. The van der Waals surface area contributed by atoms with E-state index in [0.717, 1.165) is 15.8 Å². The van der Waals surface area contributed by atoms with E-state index in [4.69, 9.17) is 11.6 Å². The molecule has 0 spiro atoms. The Morgan fingerprint density at radius 3 is 2.93 bits per heavy atom. The second-order valence-electron chi connectivity index (χ2n) is 4.38. The Kier molecular flexibility index (Phi) is 4.53. The van der Waals surface area contributed by atoms with E-state index in [1.54, 1.807) is 11.3 Å². The highest BCUT2D eigenvalue weighted by Gasteiger charge is 2.19. The highest BCUT2D eigenvalue weighted by Crippen LogP contribution is 2.33. The Morgan fingerprint density at radius 1 is 1.40 bits per heavy atom. The molecule has 0 aliphatic heterocycles. The maximum atomic E-state index is 6.13. The van der Waals surface area contributed by atoms with Gasteiger partial charge in [-0.1, -0.05) is 46.8 Å². The van der Waals surface area contributed by atoms with Gasteiger partial charge in [-0.2, -0.15) is 0 Å². The summed E-state index contributed by atoms with van der Waals surface area (Å²) in [6.45, 7) is 0. The molecule has 1 aliphatic carbocycles. The molecule has 1 heterocycles. The van der Waals surface area contributed by atoms with Gasteiger partial charge < -0.3 is 0 Å². The summed E-state index contributed by atoms with van der Waals surface area (Å²) in [4.78, 5) is 2.10. The van der Waals surface area contributed by atoms with E-state index in [1.807, 2.05) is 6.07 Å². The lowest BCUT2D eigenvalue weighted by molar-refractivity contribution is 0.467. The van der Waals surface area contributed by atoms with E-state index in [0.29, 0.717) is 0 Å². The molecule has 2 rings (SSSR count). The van der Waals surface area contributed by atoms with Gasteiger partial charge in [0.2, 0.25) is 0 Å². The van der Waals surface area contributed by atoms with Crippen LogP contribution in [-0.4, -0.2) is 4.83 Å². The molecule has 1 aliphatic rings. The summed E-state index contributed by atoms with van der Waals surface area (Å²) in [5.41, 5.74) is 0. The molecule has 3 heteroatoms. The summed E-state index contributed by atoms with van der Waals surface area (Å²) < 4.78 is 0. The van der Waals surface area contributed by atoms with Gasteiger partial charge in [-0.15, -0.1) is 11.3 Å². The third kappa shape index (κ3) is 3.47. The third-order valence-corrected chi connectivity index (χ3v) is 5.38. The van der Waals surface area contributed by atoms with Gasteiger partial charge in [0.05, 0.1) is 5.02 Å². The molecular weight excluding hydrogens is 292 g/mol. The van der Waals surface area contributed by atoms with Gasteiger partial charge in [0.1, 0.15) is 0 Å². The molecule has 1 aromatic rings. The molecule has 1 fully saturated rings. The van der Waals surface area contributed by atoms with Crippen LogP contribution in [0, 0.1) is 5.92 Å². The summed E-state index contributed by atoms with van der Waals surface area (Å²) >= 11 is 11.7. The summed E-state index contributed by atoms with van der Waals surface area (Å²) in [6.07, 6.45) is 7.97. The Labute approximate surface area is 109 Å². The summed E-state index contributed by atoms with van der Waals surface area (Å²) in [7, 11) is 0. The van der Waals surface area contributed by atoms with Crippen molar-refractivity contribution >= 4 is 38.9 Å². The lowest BCUT2D eigenvalue weighted by Crippen LogP contribution is -2.07. The quantitative estimate of drug-likeness (QED) is 0.514. The van der Waals surface area contributed by atoms with Crippen LogP contribution in [0.3, 0.4) is 0 Å². The van der Waals surface area contributed by atoms with Gasteiger partial charge in [-0.3, -0.25) is 0 Å². The first-order chi connectivity index (χ1) is 7.25. The maximum absolute atomic E-state index is 6.13. The number of halogens is 2. The molecular formula is C12H16BrClS. The van der Waals surface area contributed by atoms with E-state index in [9.17, 15) is 0 Å². The van der Waals surface area contributed by atoms with Crippen molar-refractivity contribution in [2.24, 2.45) is 5.92 Å². The molecule has 15 heavy (non-hydrogen) atoms. The maximum Gasteiger partial charge on any atom is 0.0545 e. The number of alkyl halides is 1. The molecule has 0 aromatic carbocycles. The molecule has 0 radical (unpaired) electrons. The molecule has 2 atom stereocenters. The van der Waals surface area contributed by atoms with E-state index in [1.165, 1.54) is 43.4 Å². The zero-order valence-corrected chi connectivity index (χ0v) is 11.9. The molecule has 2 unspecified atom stereocenters. The van der Waals surface area contributed by atoms with Crippen LogP contribution in [0.4, 0.5) is 0 Å². The van der Waals surface area contributed by atoms with Crippen LogP contribution in [-0.2, 0) is 6.42 Å². The summed E-state index contributed by atoms with van der Waals surface area (Å²) in [5.74, 6) is 0.827. The Morgan fingerprint density at radius 2 is 2.20 bits per heavy atom. The second kappa shape index (κ2) is 5.70. The van der Waals surface area contributed by atoms with Gasteiger partial charge in [0, 0.05) is 9.70 Å². The molecule has 0 saturated heterocycles. The highest BCUT2D eigenvalue weighted by atomic mass is 79.9. The van der Waals surface area contributed by atoms with Gasteiger partial charge in [0.15, 0.2) is 0 Å². The van der Waals surface area contributed by atoms with Crippen LogP contribution in [0.1, 0.15) is 37.0 Å². The predicted octanol–water partition coefficient (Wildman–Crippen LogP) is 5.29. The topological polar surface area (TPSA) is 0 Å². The molecule has 0 nitrogen and oxygen atoms in total. The van der Waals surface area contributed by atoms with E-state index in [-0.39, 0.29) is 0 Å². The van der Waals surface area contributed by atoms with Crippen molar-refractivity contribution in [1.29, 1.82) is 0 Å². The van der Waals surface area contributed by atoms with Crippen LogP contribution in [0.15, 0.2) is 11.4 Å². The van der Waals surface area contributed by atoms with Gasteiger partial charge in [0.25, 0.3) is 0 Å². The van der Waals surface area contributed by atoms with Crippen molar-refractivity contribution in [3.05, 3.63) is 21.3 Å². The van der Waals surface area contributed by atoms with Crippen LogP contribution in [0.5, 0.6) is 0 Å². The molecule has 1 saturated carbocycles. The lowest BCUT2D eigenvalue weighted by Gasteiger charge is -2.15. The normalized spacial score (nSPS) is 27.6. The van der Waals surface area contributed by atoms with E-state index < -0.39 is 0 Å². The van der Waals surface area contributed by atoms with Crippen molar-refractivity contribution in [3.8, 4) is 0 Å². The summed E-state index contributed by atoms with van der Waals surface area (Å²) in [5, 5.41) is 3.07. The van der Waals surface area contributed by atoms with Crippen molar-refractivity contribution in [2.45, 2.75) is 43.4 Å². The number of hydrogen-bond donors (Lipinski definition) is 0. The second-order valence-corrected chi connectivity index (χ2v) is 7.08. The lowest BCUT2D eigenvalue weighted by atomic mass is 9.96. The average Bonchev–Trinajstić information content (AvgIpc) is 2.48. The SMILES string of the molecule is Clc1ccsc1CC1CCCCC(Br)C1. The Balaban J connectivity index is 1.96. The first kappa shape index (κ1) is 11.9. The van der Waals surface area contributed by atoms with Crippen molar-refractivity contribution < 1.29 is 0 Å². The zero-order valence-electron chi connectivity index (χ0n) is 8.72. The van der Waals surface area contributed by atoms with Crippen LogP contribution in [0.2, 0.25) is 5.02 Å². The number of thiophene rings is 1. The average molecular weight is 308 g/mol. The Bertz CT molecular complexity index is 310. The molecule has 1 aromatic heterocycles. The van der Waals surface area contributed by atoms with E-state index >= 15 is 0 Å².